The van der Waals surface area contributed by atoms with Crippen molar-refractivity contribution in [2.45, 2.75) is 104 Å². The summed E-state index contributed by atoms with van der Waals surface area (Å²) in [5.41, 5.74) is 3.68. The number of hydrogen-bond acceptors (Lipinski definition) is 6. The Kier molecular flexibility index (Phi) is 9.50. The number of benzene rings is 2. The molecular weight excluding hydrogens is 628 g/mol. The predicted molar refractivity (Wildman–Crippen MR) is 186 cm³/mol. The number of hydrogen-bond donors (Lipinski definition) is 1. The minimum atomic E-state index is -1.22. The van der Waals surface area contributed by atoms with E-state index >= 15 is 4.39 Å². The van der Waals surface area contributed by atoms with Crippen LogP contribution in [0.2, 0.25) is 0 Å². The second kappa shape index (κ2) is 13.4. The van der Waals surface area contributed by atoms with E-state index in [0.29, 0.717) is 47.7 Å². The molecule has 1 saturated heterocycles. The summed E-state index contributed by atoms with van der Waals surface area (Å²) in [6, 6.07) is 9.80. The minimum Gasteiger partial charge on any atom is -0.490 e. The Morgan fingerprint density at radius 1 is 1.08 bits per heavy atom. The second-order valence-corrected chi connectivity index (χ2v) is 14.8. The third-order valence-corrected chi connectivity index (χ3v) is 9.84. The van der Waals surface area contributed by atoms with Gasteiger partial charge in [0, 0.05) is 37.0 Å². The van der Waals surface area contributed by atoms with E-state index in [1.807, 2.05) is 58.2 Å². The van der Waals surface area contributed by atoms with Crippen molar-refractivity contribution in [3.8, 4) is 28.1 Å². The van der Waals surface area contributed by atoms with Gasteiger partial charge in [0.15, 0.2) is 17.7 Å². The van der Waals surface area contributed by atoms with Gasteiger partial charge in [-0.1, -0.05) is 18.2 Å². The molecule has 0 spiro atoms. The molecule has 0 unspecified atom stereocenters. The SMILES string of the molecule is Cc1c([C@H](OC(C)(C)C)C(=O)O)c2n3cc(nc3c1C)-c1cccc(c1)-c1c(ccc(F)c1F)O[C@@H](C)CCCCOC1(C)CCN2CC1. The smallest absolute Gasteiger partial charge is 0.337 e. The number of carboxylic acids is 1. The van der Waals surface area contributed by atoms with Gasteiger partial charge in [-0.05, 0) is 115 Å². The lowest BCUT2D eigenvalue weighted by molar-refractivity contribution is -0.160. The maximum Gasteiger partial charge on any atom is 0.337 e. The van der Waals surface area contributed by atoms with Crippen LogP contribution in [0.4, 0.5) is 14.6 Å². The molecule has 0 radical (unpaired) electrons. The molecule has 1 fully saturated rings. The van der Waals surface area contributed by atoms with Gasteiger partial charge in [0.1, 0.15) is 17.2 Å². The highest BCUT2D eigenvalue weighted by Gasteiger charge is 2.38. The molecule has 0 saturated carbocycles. The van der Waals surface area contributed by atoms with E-state index in [1.54, 1.807) is 18.2 Å². The number of aliphatic carboxylic acids is 1. The average molecular weight is 676 g/mol. The van der Waals surface area contributed by atoms with Crippen LogP contribution in [0.15, 0.2) is 42.6 Å². The second-order valence-electron chi connectivity index (χ2n) is 14.8. The first-order chi connectivity index (χ1) is 23.2. The van der Waals surface area contributed by atoms with Crippen LogP contribution in [0.25, 0.3) is 28.0 Å². The highest BCUT2D eigenvalue weighted by Crippen LogP contribution is 2.42. The Hall–Kier alpha value is -4.02. The number of imidazole rings is 1. The van der Waals surface area contributed by atoms with Crippen molar-refractivity contribution in [3.63, 3.8) is 0 Å². The van der Waals surface area contributed by atoms with Gasteiger partial charge in [-0.2, -0.15) is 0 Å². The minimum absolute atomic E-state index is 0.0603. The van der Waals surface area contributed by atoms with Crippen molar-refractivity contribution in [1.82, 2.24) is 9.38 Å². The highest BCUT2D eigenvalue weighted by molar-refractivity contribution is 5.82. The molecule has 7 rings (SSSR count). The zero-order valence-electron chi connectivity index (χ0n) is 29.5. The fourth-order valence-corrected chi connectivity index (χ4v) is 7.03. The van der Waals surface area contributed by atoms with Crippen LogP contribution in [-0.2, 0) is 14.3 Å². The highest BCUT2D eigenvalue weighted by atomic mass is 19.2. The third-order valence-electron chi connectivity index (χ3n) is 9.84. The van der Waals surface area contributed by atoms with E-state index in [-0.39, 0.29) is 23.0 Å². The lowest BCUT2D eigenvalue weighted by Crippen LogP contribution is -2.45. The zero-order chi connectivity index (χ0) is 35.2. The summed E-state index contributed by atoms with van der Waals surface area (Å²) in [6.45, 7) is 15.4. The molecule has 3 aliphatic rings. The normalized spacial score (nSPS) is 21.0. The van der Waals surface area contributed by atoms with E-state index < -0.39 is 29.3 Å². The summed E-state index contributed by atoms with van der Waals surface area (Å²) in [5, 5.41) is 10.6. The first-order valence-electron chi connectivity index (χ1n) is 17.2. The van der Waals surface area contributed by atoms with E-state index in [1.165, 1.54) is 6.07 Å². The Balaban J connectivity index is 1.58. The molecule has 49 heavy (non-hydrogen) atoms. The van der Waals surface area contributed by atoms with Crippen molar-refractivity contribution in [1.29, 1.82) is 0 Å². The number of aromatic nitrogens is 2. The number of anilines is 1. The van der Waals surface area contributed by atoms with Crippen molar-refractivity contribution in [2.75, 3.05) is 24.6 Å². The summed E-state index contributed by atoms with van der Waals surface area (Å²) >= 11 is 0. The Morgan fingerprint density at radius 2 is 1.80 bits per heavy atom. The molecule has 0 aliphatic carbocycles. The predicted octanol–water partition coefficient (Wildman–Crippen LogP) is 8.83. The summed E-state index contributed by atoms with van der Waals surface area (Å²) in [5.74, 6) is -1.99. The first-order valence-corrected chi connectivity index (χ1v) is 17.2. The number of ether oxygens (including phenoxy) is 3. The largest absolute Gasteiger partial charge is 0.490 e. The van der Waals surface area contributed by atoms with Crippen molar-refractivity contribution >= 4 is 17.4 Å². The summed E-state index contributed by atoms with van der Waals surface area (Å²) in [4.78, 5) is 20.2. The molecule has 2 atom stereocenters. The van der Waals surface area contributed by atoms with Crippen LogP contribution in [0.5, 0.6) is 5.75 Å². The first kappa shape index (κ1) is 34.8. The summed E-state index contributed by atoms with van der Waals surface area (Å²) in [7, 11) is 0. The Bertz CT molecular complexity index is 1870. The van der Waals surface area contributed by atoms with E-state index in [9.17, 15) is 14.3 Å². The lowest BCUT2D eigenvalue weighted by atomic mass is 9.92. The number of rotatable bonds is 3. The molecule has 2 aromatic heterocycles. The number of aryl methyl sites for hydroxylation is 1. The van der Waals surface area contributed by atoms with Gasteiger partial charge in [-0.25, -0.2) is 18.6 Å². The van der Waals surface area contributed by atoms with Crippen LogP contribution in [-0.4, -0.2) is 57.5 Å². The van der Waals surface area contributed by atoms with Gasteiger partial charge in [0.25, 0.3) is 0 Å². The summed E-state index contributed by atoms with van der Waals surface area (Å²) in [6.07, 6.45) is 4.42. The van der Waals surface area contributed by atoms with Gasteiger partial charge < -0.3 is 24.2 Å². The molecule has 0 amide bonds. The fourth-order valence-electron chi connectivity index (χ4n) is 7.03. The van der Waals surface area contributed by atoms with Gasteiger partial charge in [0.05, 0.1) is 28.6 Å². The van der Waals surface area contributed by atoms with Gasteiger partial charge in [0.2, 0.25) is 0 Å². The molecule has 1 N–H and O–H groups in total. The molecule has 262 valence electrons. The molecule has 4 aromatic rings. The maximum absolute atomic E-state index is 15.6. The number of carbonyl (C=O) groups is 1. The van der Waals surface area contributed by atoms with Crippen LogP contribution in [0, 0.1) is 25.5 Å². The van der Waals surface area contributed by atoms with E-state index in [0.717, 1.165) is 55.1 Å². The summed E-state index contributed by atoms with van der Waals surface area (Å²) < 4.78 is 51.2. The van der Waals surface area contributed by atoms with Crippen molar-refractivity contribution in [2.24, 2.45) is 0 Å². The molecule has 6 bridgehead atoms. The number of carboxylic acid groups (broad SMARTS) is 1. The maximum atomic E-state index is 15.6. The fraction of sp³-hybridized carbons (Fsp3) is 0.487. The molecule has 3 aliphatic heterocycles. The van der Waals surface area contributed by atoms with Crippen LogP contribution < -0.4 is 9.64 Å². The van der Waals surface area contributed by atoms with Gasteiger partial charge in [-0.3, -0.25) is 4.40 Å². The Morgan fingerprint density at radius 3 is 2.49 bits per heavy atom. The zero-order valence-corrected chi connectivity index (χ0v) is 29.5. The van der Waals surface area contributed by atoms with Crippen LogP contribution in [0.3, 0.4) is 0 Å². The van der Waals surface area contributed by atoms with Crippen molar-refractivity contribution < 1.29 is 32.9 Å². The number of piperidine rings is 1. The van der Waals surface area contributed by atoms with Crippen LogP contribution in [0.1, 0.15) is 89.5 Å². The number of halogens is 2. The average Bonchev–Trinajstić information content (AvgIpc) is 3.49. The quantitative estimate of drug-likeness (QED) is 0.232. The van der Waals surface area contributed by atoms with E-state index in [4.69, 9.17) is 19.2 Å². The standard InChI is InChI=1S/C39H47F2N3O5/c1-23-11-8-9-20-47-39(7)16-18-43(19-17-39)36-31(34(37(45)46)49-38(4,5)6)24(2)25(3)35-42-29(22-44(35)36)26-12-10-13-27(21-26)32-30(48-23)15-14-28(40)33(32)41/h10,12-15,21-23,34H,8-9,11,16-20H2,1-7H3,(H,45,46)/t23-,34-/m0/s1. The number of pyridine rings is 1. The van der Waals surface area contributed by atoms with E-state index in [2.05, 4.69) is 11.8 Å². The topological polar surface area (TPSA) is 85.5 Å². The third kappa shape index (κ3) is 7.03. The molecule has 5 heterocycles. The van der Waals surface area contributed by atoms with Crippen LogP contribution >= 0.6 is 0 Å². The van der Waals surface area contributed by atoms with Crippen molar-refractivity contribution in [3.05, 3.63) is 70.9 Å². The lowest BCUT2D eigenvalue weighted by Gasteiger charge is -2.42. The van der Waals surface area contributed by atoms with Gasteiger partial charge >= 0.3 is 5.97 Å². The van der Waals surface area contributed by atoms with Gasteiger partial charge in [-0.15, -0.1) is 0 Å². The number of fused-ring (bicyclic) bond motifs is 8. The molecule has 8 nitrogen and oxygen atoms in total. The molecule has 2 aromatic carbocycles. The Labute approximate surface area is 287 Å². The molecule has 10 heteroatoms. The number of nitrogens with zero attached hydrogens (tertiary/aromatic N) is 3. The monoisotopic (exact) mass is 675 g/mol. The molecular formula is C39H47F2N3O5.